The summed E-state index contributed by atoms with van der Waals surface area (Å²) in [6.45, 7) is 0. The molecule has 3 aromatic rings. The lowest BCUT2D eigenvalue weighted by atomic mass is 9.80. The Morgan fingerprint density at radius 3 is 2.45 bits per heavy atom. The highest BCUT2D eigenvalue weighted by atomic mass is 16.1. The number of amides is 1. The summed E-state index contributed by atoms with van der Waals surface area (Å²) in [6, 6.07) is 25.0. The topological polar surface area (TPSA) is 46.2 Å². The first kappa shape index (κ1) is 19.1. The minimum atomic E-state index is -0.0808. The molecule has 0 saturated carbocycles. The molecule has 0 aliphatic heterocycles. The molecule has 0 aromatic heterocycles. The number of carbonyl (C=O) groups is 2. The second kappa shape index (κ2) is 8.87. The highest BCUT2D eigenvalue weighted by Gasteiger charge is 2.21. The van der Waals surface area contributed by atoms with Crippen LogP contribution in [0.2, 0.25) is 0 Å². The molecule has 1 amide bonds. The third kappa shape index (κ3) is 4.45. The molecule has 4 rings (SSSR count). The van der Waals surface area contributed by atoms with Gasteiger partial charge in [0.1, 0.15) is 0 Å². The summed E-state index contributed by atoms with van der Waals surface area (Å²) in [7, 11) is 0. The van der Waals surface area contributed by atoms with E-state index in [-0.39, 0.29) is 11.7 Å². The van der Waals surface area contributed by atoms with Crippen LogP contribution in [-0.2, 0) is 11.2 Å². The Labute approximate surface area is 171 Å². The van der Waals surface area contributed by atoms with Gasteiger partial charge in [-0.1, -0.05) is 66.7 Å². The van der Waals surface area contributed by atoms with Gasteiger partial charge in [0.25, 0.3) is 0 Å². The van der Waals surface area contributed by atoms with Gasteiger partial charge in [-0.05, 0) is 54.9 Å². The van der Waals surface area contributed by atoms with Gasteiger partial charge in [0.15, 0.2) is 5.78 Å². The Hall–Kier alpha value is -3.20. The summed E-state index contributed by atoms with van der Waals surface area (Å²) in [6.07, 6.45) is 4.73. The number of benzene rings is 3. The van der Waals surface area contributed by atoms with Crippen molar-refractivity contribution < 1.29 is 9.59 Å². The van der Waals surface area contributed by atoms with Crippen molar-refractivity contribution in [3.63, 3.8) is 0 Å². The summed E-state index contributed by atoms with van der Waals surface area (Å²) in [5.41, 5.74) is 4.53. The van der Waals surface area contributed by atoms with E-state index < -0.39 is 0 Å². The van der Waals surface area contributed by atoms with E-state index in [2.05, 4.69) is 29.6 Å². The van der Waals surface area contributed by atoms with Gasteiger partial charge in [-0.3, -0.25) is 9.59 Å². The normalized spacial score (nSPS) is 15.4. The third-order valence-corrected chi connectivity index (χ3v) is 5.70. The Bertz CT molecular complexity index is 1010. The molecule has 0 fully saturated rings. The second-order valence-electron chi connectivity index (χ2n) is 7.62. The van der Waals surface area contributed by atoms with Crippen LogP contribution < -0.4 is 5.32 Å². The average Bonchev–Trinajstić information content (AvgIpc) is 2.78. The van der Waals surface area contributed by atoms with E-state index in [1.54, 1.807) is 24.3 Å². The van der Waals surface area contributed by atoms with E-state index in [9.17, 15) is 9.59 Å². The molecule has 1 aliphatic rings. The number of ketones is 1. The molecule has 0 heterocycles. The van der Waals surface area contributed by atoms with E-state index in [1.807, 2.05) is 30.3 Å². The molecule has 0 bridgehead atoms. The number of carbonyl (C=O) groups excluding carboxylic acids is 2. The van der Waals surface area contributed by atoms with Crippen LogP contribution in [0, 0.1) is 0 Å². The maximum atomic E-state index is 12.8. The molecular formula is C26H25NO2. The SMILES string of the molecule is O=C(CCC1CCCc2ccccc21)Nc1ccccc1C(=O)c1ccccc1. The summed E-state index contributed by atoms with van der Waals surface area (Å²) in [4.78, 5) is 25.5. The van der Waals surface area contributed by atoms with E-state index in [0.717, 1.165) is 19.3 Å². The molecule has 1 atom stereocenters. The van der Waals surface area contributed by atoms with Crippen LogP contribution in [0.5, 0.6) is 0 Å². The van der Waals surface area contributed by atoms with Crippen LogP contribution in [0.15, 0.2) is 78.9 Å². The first-order valence-corrected chi connectivity index (χ1v) is 10.3. The summed E-state index contributed by atoms with van der Waals surface area (Å²) >= 11 is 0. The van der Waals surface area contributed by atoms with Crippen LogP contribution in [0.3, 0.4) is 0 Å². The summed E-state index contributed by atoms with van der Waals surface area (Å²) < 4.78 is 0. The zero-order valence-corrected chi connectivity index (χ0v) is 16.4. The highest BCUT2D eigenvalue weighted by Crippen LogP contribution is 2.34. The average molecular weight is 383 g/mol. The fourth-order valence-electron chi connectivity index (χ4n) is 4.21. The number of aryl methyl sites for hydroxylation is 1. The number of nitrogens with one attached hydrogen (secondary N) is 1. The van der Waals surface area contributed by atoms with Gasteiger partial charge in [-0.15, -0.1) is 0 Å². The van der Waals surface area contributed by atoms with Crippen LogP contribution in [0.1, 0.15) is 58.6 Å². The number of para-hydroxylation sites is 1. The van der Waals surface area contributed by atoms with E-state index in [0.29, 0.717) is 29.2 Å². The van der Waals surface area contributed by atoms with Gasteiger partial charge in [-0.25, -0.2) is 0 Å². The number of rotatable bonds is 6. The Kier molecular flexibility index (Phi) is 5.85. The van der Waals surface area contributed by atoms with Crippen molar-refractivity contribution in [3.8, 4) is 0 Å². The van der Waals surface area contributed by atoms with Gasteiger partial charge in [0.05, 0.1) is 5.69 Å². The zero-order chi connectivity index (χ0) is 20.1. The molecule has 29 heavy (non-hydrogen) atoms. The molecule has 146 valence electrons. The molecule has 1 aliphatic carbocycles. The molecule has 0 radical (unpaired) electrons. The Morgan fingerprint density at radius 1 is 0.862 bits per heavy atom. The van der Waals surface area contributed by atoms with Gasteiger partial charge < -0.3 is 5.32 Å². The quantitative estimate of drug-likeness (QED) is 0.550. The smallest absolute Gasteiger partial charge is 0.224 e. The van der Waals surface area contributed by atoms with Crippen LogP contribution >= 0.6 is 0 Å². The number of hydrogen-bond acceptors (Lipinski definition) is 2. The molecule has 3 nitrogen and oxygen atoms in total. The van der Waals surface area contributed by atoms with Gasteiger partial charge in [0.2, 0.25) is 5.91 Å². The van der Waals surface area contributed by atoms with Crippen molar-refractivity contribution in [2.45, 2.75) is 38.0 Å². The van der Waals surface area contributed by atoms with Crippen LogP contribution in [0.25, 0.3) is 0 Å². The Morgan fingerprint density at radius 2 is 1.59 bits per heavy atom. The third-order valence-electron chi connectivity index (χ3n) is 5.70. The zero-order valence-electron chi connectivity index (χ0n) is 16.4. The minimum absolute atomic E-state index is 0.0404. The summed E-state index contributed by atoms with van der Waals surface area (Å²) in [5.74, 6) is 0.316. The second-order valence-corrected chi connectivity index (χ2v) is 7.62. The number of anilines is 1. The lowest BCUT2D eigenvalue weighted by Gasteiger charge is -2.25. The van der Waals surface area contributed by atoms with E-state index in [4.69, 9.17) is 0 Å². The molecule has 3 heteroatoms. The molecular weight excluding hydrogens is 358 g/mol. The highest BCUT2D eigenvalue weighted by molar-refractivity contribution is 6.13. The lowest BCUT2D eigenvalue weighted by Crippen LogP contribution is -2.17. The van der Waals surface area contributed by atoms with E-state index in [1.165, 1.54) is 17.5 Å². The van der Waals surface area contributed by atoms with Crippen LogP contribution in [0.4, 0.5) is 5.69 Å². The first-order valence-electron chi connectivity index (χ1n) is 10.3. The van der Waals surface area contributed by atoms with Crippen molar-refractivity contribution in [1.29, 1.82) is 0 Å². The number of hydrogen-bond donors (Lipinski definition) is 1. The molecule has 3 aromatic carbocycles. The Balaban J connectivity index is 1.43. The predicted octanol–water partition coefficient (Wildman–Crippen LogP) is 5.76. The van der Waals surface area contributed by atoms with Gasteiger partial charge in [-0.2, -0.15) is 0 Å². The fraction of sp³-hybridized carbons (Fsp3) is 0.231. The van der Waals surface area contributed by atoms with Crippen molar-refractivity contribution in [2.75, 3.05) is 5.32 Å². The summed E-state index contributed by atoms with van der Waals surface area (Å²) in [5, 5.41) is 2.96. The van der Waals surface area contributed by atoms with E-state index >= 15 is 0 Å². The number of fused-ring (bicyclic) bond motifs is 1. The largest absolute Gasteiger partial charge is 0.325 e. The molecule has 0 spiro atoms. The molecule has 0 saturated heterocycles. The standard InChI is InChI=1S/C26H25NO2/c28-25(18-17-20-13-8-12-19-9-4-5-14-22(19)20)27-24-16-7-6-15-23(24)26(29)21-10-2-1-3-11-21/h1-7,9-11,14-16,20H,8,12-13,17-18H2,(H,27,28). The molecule has 1 unspecified atom stereocenters. The predicted molar refractivity (Wildman–Crippen MR) is 116 cm³/mol. The van der Waals surface area contributed by atoms with Crippen molar-refractivity contribution >= 4 is 17.4 Å². The van der Waals surface area contributed by atoms with Gasteiger partial charge in [0, 0.05) is 17.5 Å². The van der Waals surface area contributed by atoms with Crippen molar-refractivity contribution in [3.05, 3.63) is 101 Å². The van der Waals surface area contributed by atoms with Crippen molar-refractivity contribution in [1.82, 2.24) is 0 Å². The lowest BCUT2D eigenvalue weighted by molar-refractivity contribution is -0.116. The maximum Gasteiger partial charge on any atom is 0.224 e. The minimum Gasteiger partial charge on any atom is -0.325 e. The first-order chi connectivity index (χ1) is 14.2. The maximum absolute atomic E-state index is 12.8. The fourth-order valence-corrected chi connectivity index (χ4v) is 4.21. The van der Waals surface area contributed by atoms with Crippen molar-refractivity contribution in [2.24, 2.45) is 0 Å². The monoisotopic (exact) mass is 383 g/mol. The van der Waals surface area contributed by atoms with Gasteiger partial charge >= 0.3 is 0 Å². The molecule has 1 N–H and O–H groups in total. The van der Waals surface area contributed by atoms with Crippen LogP contribution in [-0.4, -0.2) is 11.7 Å².